The van der Waals surface area contributed by atoms with Gasteiger partial charge in [-0.25, -0.2) is 0 Å². The molecule has 5 heteroatoms. The maximum absolute atomic E-state index is 11.3. The van der Waals surface area contributed by atoms with Crippen molar-refractivity contribution in [2.24, 2.45) is 0 Å². The molecule has 0 aromatic heterocycles. The Morgan fingerprint density at radius 2 is 2.33 bits per heavy atom. The molecule has 0 fully saturated rings. The average molecular weight is 241 g/mol. The van der Waals surface area contributed by atoms with Gasteiger partial charge in [0.2, 0.25) is 5.91 Å². The molecule has 0 bridgehead atoms. The summed E-state index contributed by atoms with van der Waals surface area (Å²) in [7, 11) is 0. The standard InChI is InChI=1S/C10H9ClN2OS/c1-6(15)10(14)13-9-3-2-7(5-12)4-8(9)11/h2-4,6,15H,1H3,(H,13,14). The Kier molecular flexibility index (Phi) is 4.01. The van der Waals surface area contributed by atoms with Crippen LogP contribution in [-0.4, -0.2) is 11.2 Å². The summed E-state index contributed by atoms with van der Waals surface area (Å²) in [6.45, 7) is 1.66. The van der Waals surface area contributed by atoms with Crippen LogP contribution >= 0.6 is 24.2 Å². The molecule has 1 aromatic rings. The van der Waals surface area contributed by atoms with E-state index in [1.807, 2.05) is 6.07 Å². The normalized spacial score (nSPS) is 11.6. The molecule has 0 heterocycles. The first kappa shape index (κ1) is 11.9. The highest BCUT2D eigenvalue weighted by molar-refractivity contribution is 7.81. The fourth-order valence-corrected chi connectivity index (χ4v) is 1.22. The molecule has 1 atom stereocenters. The van der Waals surface area contributed by atoms with E-state index in [1.54, 1.807) is 19.1 Å². The number of halogens is 1. The van der Waals surface area contributed by atoms with E-state index in [2.05, 4.69) is 17.9 Å². The molecule has 3 nitrogen and oxygen atoms in total. The minimum absolute atomic E-state index is 0.232. The summed E-state index contributed by atoms with van der Waals surface area (Å²) in [5.74, 6) is -0.232. The third-order valence-electron chi connectivity index (χ3n) is 1.74. The molecule has 0 spiro atoms. The molecule has 1 amide bonds. The molecule has 0 saturated carbocycles. The number of anilines is 1. The minimum atomic E-state index is -0.406. The van der Waals surface area contributed by atoms with Crippen molar-refractivity contribution in [3.63, 3.8) is 0 Å². The molecule has 1 rings (SSSR count). The van der Waals surface area contributed by atoms with E-state index < -0.39 is 5.25 Å². The summed E-state index contributed by atoms with van der Waals surface area (Å²) in [4.78, 5) is 11.3. The number of thiol groups is 1. The molecular formula is C10H9ClN2OS. The molecule has 15 heavy (non-hydrogen) atoms. The second kappa shape index (κ2) is 5.06. The first-order chi connectivity index (χ1) is 7.04. The molecule has 0 aliphatic carbocycles. The van der Waals surface area contributed by atoms with Gasteiger partial charge in [0.25, 0.3) is 0 Å². The van der Waals surface area contributed by atoms with E-state index in [1.165, 1.54) is 6.07 Å². The zero-order chi connectivity index (χ0) is 11.4. The minimum Gasteiger partial charge on any atom is -0.324 e. The van der Waals surface area contributed by atoms with Crippen LogP contribution in [0.1, 0.15) is 12.5 Å². The smallest absolute Gasteiger partial charge is 0.236 e. The van der Waals surface area contributed by atoms with Gasteiger partial charge in [-0.1, -0.05) is 11.6 Å². The van der Waals surface area contributed by atoms with Crippen LogP contribution in [0.5, 0.6) is 0 Å². The number of carbonyl (C=O) groups is 1. The summed E-state index contributed by atoms with van der Waals surface area (Å²) in [6, 6.07) is 6.64. The van der Waals surface area contributed by atoms with Crippen molar-refractivity contribution in [2.75, 3.05) is 5.32 Å². The predicted molar refractivity (Wildman–Crippen MR) is 63.2 cm³/mol. The van der Waals surface area contributed by atoms with Gasteiger partial charge in [0.15, 0.2) is 0 Å². The van der Waals surface area contributed by atoms with Crippen LogP contribution in [0.2, 0.25) is 5.02 Å². The number of nitrogens with one attached hydrogen (secondary N) is 1. The molecule has 0 saturated heterocycles. The summed E-state index contributed by atoms with van der Waals surface area (Å²) < 4.78 is 0. The van der Waals surface area contributed by atoms with Crippen LogP contribution in [0.25, 0.3) is 0 Å². The summed E-state index contributed by atoms with van der Waals surface area (Å²) in [5.41, 5.74) is 0.943. The second-order valence-electron chi connectivity index (χ2n) is 2.97. The Morgan fingerprint density at radius 3 is 2.80 bits per heavy atom. The quantitative estimate of drug-likeness (QED) is 0.781. The largest absolute Gasteiger partial charge is 0.324 e. The SMILES string of the molecule is CC(S)C(=O)Nc1ccc(C#N)cc1Cl. The van der Waals surface area contributed by atoms with Crippen LogP contribution in [-0.2, 0) is 4.79 Å². The molecule has 1 aromatic carbocycles. The molecule has 1 unspecified atom stereocenters. The van der Waals surface area contributed by atoms with Crippen LogP contribution < -0.4 is 5.32 Å². The van der Waals surface area contributed by atoms with Crippen LogP contribution in [0.15, 0.2) is 18.2 Å². The number of rotatable bonds is 2. The number of carbonyl (C=O) groups excluding carboxylic acids is 1. The van der Waals surface area contributed by atoms with Gasteiger partial charge in [0.05, 0.1) is 27.6 Å². The van der Waals surface area contributed by atoms with Gasteiger partial charge in [-0.05, 0) is 25.1 Å². The van der Waals surface area contributed by atoms with Crippen molar-refractivity contribution >= 4 is 35.8 Å². The average Bonchev–Trinajstić information content (AvgIpc) is 2.20. The lowest BCUT2D eigenvalue weighted by Crippen LogP contribution is -2.20. The van der Waals surface area contributed by atoms with Gasteiger partial charge in [-0.15, -0.1) is 0 Å². The van der Waals surface area contributed by atoms with Gasteiger partial charge < -0.3 is 5.32 Å². The molecule has 78 valence electrons. The lowest BCUT2D eigenvalue weighted by atomic mass is 10.2. The summed E-state index contributed by atoms with van der Waals surface area (Å²) in [5, 5.41) is 11.2. The maximum Gasteiger partial charge on any atom is 0.236 e. The third kappa shape index (κ3) is 3.15. The summed E-state index contributed by atoms with van der Waals surface area (Å²) in [6.07, 6.45) is 0. The van der Waals surface area contributed by atoms with Gasteiger partial charge in [-0.2, -0.15) is 17.9 Å². The number of nitriles is 1. The molecule has 0 aliphatic heterocycles. The number of benzene rings is 1. The van der Waals surface area contributed by atoms with E-state index in [0.29, 0.717) is 16.3 Å². The van der Waals surface area contributed by atoms with Crippen molar-refractivity contribution in [3.8, 4) is 6.07 Å². The van der Waals surface area contributed by atoms with Crippen LogP contribution in [0.4, 0.5) is 5.69 Å². The van der Waals surface area contributed by atoms with E-state index in [9.17, 15) is 4.79 Å². The Labute approximate surface area is 98.5 Å². The Bertz CT molecular complexity index is 426. The highest BCUT2D eigenvalue weighted by atomic mass is 35.5. The highest BCUT2D eigenvalue weighted by Crippen LogP contribution is 2.23. The monoisotopic (exact) mass is 240 g/mol. The predicted octanol–water partition coefficient (Wildman–Crippen LogP) is 2.47. The Hall–Kier alpha value is -1.18. The second-order valence-corrected chi connectivity index (χ2v) is 4.15. The van der Waals surface area contributed by atoms with Crippen molar-refractivity contribution in [2.45, 2.75) is 12.2 Å². The van der Waals surface area contributed by atoms with Crippen molar-refractivity contribution in [3.05, 3.63) is 28.8 Å². The third-order valence-corrected chi connectivity index (χ3v) is 2.28. The van der Waals surface area contributed by atoms with Crippen molar-refractivity contribution in [1.82, 2.24) is 0 Å². The number of amides is 1. The zero-order valence-electron chi connectivity index (χ0n) is 7.99. The first-order valence-corrected chi connectivity index (χ1v) is 5.12. The fraction of sp³-hybridized carbons (Fsp3) is 0.200. The molecule has 1 N–H and O–H groups in total. The molecule has 0 radical (unpaired) electrons. The Morgan fingerprint density at radius 1 is 1.67 bits per heavy atom. The van der Waals surface area contributed by atoms with E-state index in [-0.39, 0.29) is 5.91 Å². The number of hydrogen-bond donors (Lipinski definition) is 2. The lowest BCUT2D eigenvalue weighted by molar-refractivity contribution is -0.115. The first-order valence-electron chi connectivity index (χ1n) is 4.23. The fourth-order valence-electron chi connectivity index (χ4n) is 0.923. The lowest BCUT2D eigenvalue weighted by Gasteiger charge is -2.08. The Balaban J connectivity index is 2.89. The molecule has 0 aliphatic rings. The van der Waals surface area contributed by atoms with Gasteiger partial charge in [0.1, 0.15) is 0 Å². The topological polar surface area (TPSA) is 52.9 Å². The zero-order valence-corrected chi connectivity index (χ0v) is 9.64. The van der Waals surface area contributed by atoms with Crippen LogP contribution in [0.3, 0.4) is 0 Å². The van der Waals surface area contributed by atoms with Crippen LogP contribution in [0, 0.1) is 11.3 Å². The number of nitrogens with zero attached hydrogens (tertiary/aromatic N) is 1. The number of hydrogen-bond acceptors (Lipinski definition) is 3. The maximum atomic E-state index is 11.3. The van der Waals surface area contributed by atoms with E-state index >= 15 is 0 Å². The van der Waals surface area contributed by atoms with Crippen molar-refractivity contribution in [1.29, 1.82) is 5.26 Å². The van der Waals surface area contributed by atoms with Gasteiger partial charge >= 0.3 is 0 Å². The van der Waals surface area contributed by atoms with Gasteiger partial charge in [0, 0.05) is 0 Å². The summed E-state index contributed by atoms with van der Waals surface area (Å²) >= 11 is 9.85. The highest BCUT2D eigenvalue weighted by Gasteiger charge is 2.10. The molecular weight excluding hydrogens is 232 g/mol. The van der Waals surface area contributed by atoms with Crippen molar-refractivity contribution < 1.29 is 4.79 Å². The van der Waals surface area contributed by atoms with E-state index in [4.69, 9.17) is 16.9 Å². The van der Waals surface area contributed by atoms with E-state index in [0.717, 1.165) is 0 Å². The van der Waals surface area contributed by atoms with Gasteiger partial charge in [-0.3, -0.25) is 4.79 Å².